The zero-order valence-corrected chi connectivity index (χ0v) is 16.9. The third-order valence-corrected chi connectivity index (χ3v) is 7.06. The number of rotatable bonds is 6. The number of benzene rings is 3. The quantitative estimate of drug-likeness (QED) is 0.502. The van der Waals surface area contributed by atoms with Crippen LogP contribution in [0.15, 0.2) is 83.8 Å². The molecule has 0 spiro atoms. The van der Waals surface area contributed by atoms with Gasteiger partial charge in [0.05, 0.1) is 4.90 Å². The van der Waals surface area contributed by atoms with Gasteiger partial charge in [0.2, 0.25) is 10.0 Å². The smallest absolute Gasteiger partial charge is 0.323 e. The molecule has 146 valence electrons. The third-order valence-electron chi connectivity index (χ3n) is 4.05. The molecular weight excluding hydrogens is 421 g/mol. The first-order valence-electron chi connectivity index (χ1n) is 8.16. The molecule has 3 aromatic carbocycles. The molecule has 0 aliphatic rings. The highest BCUT2D eigenvalue weighted by Crippen LogP contribution is 2.50. The number of nitrogens with one attached hydrogen (secondary N) is 1. The highest BCUT2D eigenvalue weighted by Gasteiger charge is 2.35. The molecule has 0 bridgehead atoms. The van der Waals surface area contributed by atoms with E-state index in [2.05, 4.69) is 4.72 Å². The number of hydrogen-bond acceptors (Lipinski definition) is 3. The minimum atomic E-state index is -4.82. The Morgan fingerprint density at radius 1 is 0.857 bits per heavy atom. The van der Waals surface area contributed by atoms with Crippen molar-refractivity contribution in [2.45, 2.75) is 10.7 Å². The first-order chi connectivity index (χ1) is 13.2. The van der Waals surface area contributed by atoms with Crippen LogP contribution in [0, 0.1) is 0 Å². The van der Waals surface area contributed by atoms with Gasteiger partial charge >= 0.3 is 7.60 Å². The van der Waals surface area contributed by atoms with E-state index >= 15 is 0 Å². The molecule has 0 aliphatic carbocycles. The number of sulfonamides is 1. The van der Waals surface area contributed by atoms with E-state index in [0.29, 0.717) is 16.1 Å². The molecule has 1 atom stereocenters. The van der Waals surface area contributed by atoms with Crippen LogP contribution in [0.1, 0.15) is 11.3 Å². The van der Waals surface area contributed by atoms with Gasteiger partial charge in [0.1, 0.15) is 5.78 Å². The molecule has 9 heteroatoms. The van der Waals surface area contributed by atoms with E-state index < -0.39 is 23.4 Å². The molecule has 0 saturated carbocycles. The SMILES string of the molecule is O=P(O)(O)[C@@H](NS(=O)(=O)c1ccccc1-c1ccc(Cl)cc1)c1ccccc1. The molecule has 0 fully saturated rings. The zero-order valence-electron chi connectivity index (χ0n) is 14.4. The van der Waals surface area contributed by atoms with Gasteiger partial charge in [-0.2, -0.15) is 4.72 Å². The molecule has 0 heterocycles. The van der Waals surface area contributed by atoms with Crippen molar-refractivity contribution in [3.63, 3.8) is 0 Å². The van der Waals surface area contributed by atoms with E-state index in [9.17, 15) is 22.8 Å². The summed E-state index contributed by atoms with van der Waals surface area (Å²) in [5.41, 5.74) is 1.17. The lowest BCUT2D eigenvalue weighted by Gasteiger charge is -2.21. The summed E-state index contributed by atoms with van der Waals surface area (Å²) in [6, 6.07) is 20.6. The van der Waals surface area contributed by atoms with Crippen molar-refractivity contribution in [3.05, 3.63) is 89.4 Å². The third kappa shape index (κ3) is 4.70. The fourth-order valence-electron chi connectivity index (χ4n) is 2.75. The molecule has 0 saturated heterocycles. The van der Waals surface area contributed by atoms with Crippen molar-refractivity contribution in [1.82, 2.24) is 4.72 Å². The highest BCUT2D eigenvalue weighted by molar-refractivity contribution is 7.90. The van der Waals surface area contributed by atoms with E-state index in [1.807, 2.05) is 0 Å². The van der Waals surface area contributed by atoms with Crippen molar-refractivity contribution in [3.8, 4) is 11.1 Å². The summed E-state index contributed by atoms with van der Waals surface area (Å²) in [6.07, 6.45) is 0. The van der Waals surface area contributed by atoms with Gasteiger partial charge in [0, 0.05) is 10.6 Å². The molecule has 3 rings (SSSR count). The molecule has 3 N–H and O–H groups in total. The van der Waals surface area contributed by atoms with E-state index in [1.54, 1.807) is 60.7 Å². The van der Waals surface area contributed by atoms with E-state index in [0.717, 1.165) is 0 Å². The van der Waals surface area contributed by atoms with Crippen LogP contribution in [0.2, 0.25) is 5.02 Å². The largest absolute Gasteiger partial charge is 0.347 e. The summed E-state index contributed by atoms with van der Waals surface area (Å²) >= 11 is 5.90. The van der Waals surface area contributed by atoms with Crippen molar-refractivity contribution < 1.29 is 22.8 Å². The Balaban J connectivity index is 2.06. The first kappa shape index (κ1) is 20.7. The first-order valence-corrected chi connectivity index (χ1v) is 11.7. The van der Waals surface area contributed by atoms with Crippen LogP contribution < -0.4 is 4.72 Å². The van der Waals surface area contributed by atoms with Gasteiger partial charge in [-0.15, -0.1) is 0 Å². The van der Waals surface area contributed by atoms with Crippen molar-refractivity contribution in [2.75, 3.05) is 0 Å². The van der Waals surface area contributed by atoms with Crippen LogP contribution in [0.3, 0.4) is 0 Å². The van der Waals surface area contributed by atoms with Crippen LogP contribution in [-0.2, 0) is 14.6 Å². The molecular formula is C19H17ClNO5PS. The van der Waals surface area contributed by atoms with Crippen LogP contribution in [-0.4, -0.2) is 18.2 Å². The van der Waals surface area contributed by atoms with Gasteiger partial charge in [0.25, 0.3) is 0 Å². The molecule has 0 aliphatic heterocycles. The summed E-state index contributed by atoms with van der Waals surface area (Å²) in [7, 11) is -9.07. The van der Waals surface area contributed by atoms with Crippen LogP contribution in [0.5, 0.6) is 0 Å². The molecule has 0 unspecified atom stereocenters. The van der Waals surface area contributed by atoms with Crippen molar-refractivity contribution >= 4 is 29.2 Å². The second kappa shape index (κ2) is 8.17. The zero-order chi connectivity index (χ0) is 20.4. The predicted octanol–water partition coefficient (Wildman–Crippen LogP) is 4.16. The molecule has 28 heavy (non-hydrogen) atoms. The lowest BCUT2D eigenvalue weighted by molar-refractivity contribution is 0.355. The maximum Gasteiger partial charge on any atom is 0.347 e. The minimum Gasteiger partial charge on any atom is -0.323 e. The summed E-state index contributed by atoms with van der Waals surface area (Å²) in [5.74, 6) is -1.70. The topological polar surface area (TPSA) is 104 Å². The predicted molar refractivity (Wildman–Crippen MR) is 108 cm³/mol. The fraction of sp³-hybridized carbons (Fsp3) is 0.0526. The normalized spacial score (nSPS) is 13.2. The van der Waals surface area contributed by atoms with Gasteiger partial charge in [-0.05, 0) is 29.3 Å². The van der Waals surface area contributed by atoms with Crippen molar-refractivity contribution in [2.24, 2.45) is 0 Å². The molecule has 0 radical (unpaired) electrons. The Morgan fingerprint density at radius 3 is 2.04 bits per heavy atom. The highest BCUT2D eigenvalue weighted by atomic mass is 35.5. The fourth-order valence-corrected chi connectivity index (χ4v) is 5.69. The van der Waals surface area contributed by atoms with E-state index in [-0.39, 0.29) is 10.5 Å². The van der Waals surface area contributed by atoms with Crippen LogP contribution in [0.25, 0.3) is 11.1 Å². The minimum absolute atomic E-state index is 0.0910. The Bertz CT molecular complexity index is 1110. The number of halogens is 1. The maximum atomic E-state index is 13.0. The van der Waals surface area contributed by atoms with Gasteiger partial charge < -0.3 is 9.79 Å². The second-order valence-corrected chi connectivity index (χ2v) is 9.84. The standard InChI is InChI=1S/C19H17ClNO5PS/c20-16-12-10-14(11-13-16)17-8-4-5-9-18(17)28(25,26)21-19(27(22,23)24)15-6-2-1-3-7-15/h1-13,19,21H,(H2,22,23,24)/t19-/m1/s1. The molecule has 0 amide bonds. The molecule has 0 aromatic heterocycles. The summed E-state index contributed by atoms with van der Waals surface area (Å²) in [6.45, 7) is 0. The Kier molecular flexibility index (Phi) is 6.05. The Morgan fingerprint density at radius 2 is 1.43 bits per heavy atom. The monoisotopic (exact) mass is 437 g/mol. The van der Waals surface area contributed by atoms with E-state index in [1.165, 1.54) is 18.2 Å². The second-order valence-electron chi connectivity index (χ2n) is 6.03. The average molecular weight is 438 g/mol. The summed E-state index contributed by atoms with van der Waals surface area (Å²) in [4.78, 5) is 19.4. The van der Waals surface area contributed by atoms with Crippen LogP contribution in [0.4, 0.5) is 0 Å². The van der Waals surface area contributed by atoms with E-state index in [4.69, 9.17) is 11.6 Å². The van der Waals surface area contributed by atoms with Gasteiger partial charge in [-0.25, -0.2) is 8.42 Å². The maximum absolute atomic E-state index is 13.0. The van der Waals surface area contributed by atoms with Crippen LogP contribution >= 0.6 is 19.2 Å². The molecule has 3 aromatic rings. The Labute approximate surface area is 168 Å². The lowest BCUT2D eigenvalue weighted by atomic mass is 10.1. The lowest BCUT2D eigenvalue weighted by Crippen LogP contribution is -2.29. The Hall–Kier alpha value is -1.99. The van der Waals surface area contributed by atoms with Gasteiger partial charge in [-0.3, -0.25) is 4.57 Å². The summed E-state index contributed by atoms with van der Waals surface area (Å²) < 4.78 is 40.2. The van der Waals surface area contributed by atoms with Crippen molar-refractivity contribution in [1.29, 1.82) is 0 Å². The van der Waals surface area contributed by atoms with Gasteiger partial charge in [0.15, 0.2) is 0 Å². The van der Waals surface area contributed by atoms with Gasteiger partial charge in [-0.1, -0.05) is 72.3 Å². The summed E-state index contributed by atoms with van der Waals surface area (Å²) in [5, 5.41) is 0.507. The number of hydrogen-bond donors (Lipinski definition) is 3. The average Bonchev–Trinajstić information content (AvgIpc) is 2.67. The molecule has 6 nitrogen and oxygen atoms in total.